The fraction of sp³-hybridized carbons (Fsp3) is 0.214. The molecule has 2 aliphatic heterocycles. The molecule has 0 radical (unpaired) electrons. The predicted octanol–water partition coefficient (Wildman–Crippen LogP) is 11.6. The van der Waals surface area contributed by atoms with E-state index in [1.807, 2.05) is 56.4 Å². The molecular weight excluding hydrogens is 849 g/mol. The van der Waals surface area contributed by atoms with Crippen molar-refractivity contribution >= 4 is 69.1 Å². The molecule has 4 aromatic carbocycles. The van der Waals surface area contributed by atoms with Crippen molar-refractivity contribution in [3.05, 3.63) is 120 Å². The molecule has 68 heavy (non-hydrogen) atoms. The molecule has 12 heteroatoms. The second-order valence-electron chi connectivity index (χ2n) is 17.6. The number of rotatable bonds is 12. The van der Waals surface area contributed by atoms with E-state index in [0.717, 1.165) is 112 Å². The van der Waals surface area contributed by atoms with E-state index >= 15 is 0 Å². The highest BCUT2D eigenvalue weighted by atomic mass is 16.5. The molecule has 8 bridgehead atoms. The minimum absolute atomic E-state index is 0.713. The van der Waals surface area contributed by atoms with Crippen molar-refractivity contribution in [2.45, 2.75) is 0 Å². The van der Waals surface area contributed by atoms with Gasteiger partial charge >= 0.3 is 0 Å². The molecule has 7 aromatic rings. The molecule has 346 valence electrons. The van der Waals surface area contributed by atoms with Gasteiger partial charge in [-0.25, -0.2) is 9.97 Å². The van der Waals surface area contributed by atoms with E-state index in [4.69, 9.17) is 28.9 Å². The Kier molecular flexibility index (Phi) is 12.1. The maximum absolute atomic E-state index is 6.18. The molecule has 0 saturated heterocycles. The van der Waals surface area contributed by atoms with Gasteiger partial charge in [0.05, 0.1) is 51.2 Å². The van der Waals surface area contributed by atoms with Gasteiger partial charge in [-0.1, -0.05) is 0 Å². The fourth-order valence-corrected chi connectivity index (χ4v) is 9.00. The standard InChI is InChI=1S/C56H58N8O4/c1-61(2)33-13-17-37(49(29-33)65-9)53-41-21-23-43(57-41)54(38-18-14-34(62(3)4)30-50(38)66-10)45-25-27-47(59-45)56(40-20-16-36(64(7)8)32-52(40)68-12)48-28-26-46(60-48)55(44-24-22-42(53)58-44)39-19-15-35(63(5)6)31-51(39)67-11/h13-32,57,60H,1-12H3. The quantitative estimate of drug-likeness (QED) is 0.123. The summed E-state index contributed by atoms with van der Waals surface area (Å²) in [6, 6.07) is 33.5. The van der Waals surface area contributed by atoms with E-state index in [9.17, 15) is 0 Å². The summed E-state index contributed by atoms with van der Waals surface area (Å²) >= 11 is 0. The summed E-state index contributed by atoms with van der Waals surface area (Å²) in [6.07, 6.45) is 8.33. The lowest BCUT2D eigenvalue weighted by Crippen LogP contribution is -2.08. The topological polar surface area (TPSA) is 107 Å². The van der Waals surface area contributed by atoms with Gasteiger partial charge in [-0.2, -0.15) is 0 Å². The third kappa shape index (κ3) is 8.12. The third-order valence-corrected chi connectivity index (χ3v) is 12.6. The Balaban J connectivity index is 1.49. The molecule has 0 saturated carbocycles. The first-order valence-electron chi connectivity index (χ1n) is 22.4. The number of methoxy groups -OCH3 is 4. The van der Waals surface area contributed by atoms with Gasteiger partial charge in [0, 0.05) is 170 Å². The molecule has 0 amide bonds. The van der Waals surface area contributed by atoms with Crippen LogP contribution in [0.5, 0.6) is 23.0 Å². The Bertz CT molecular complexity index is 2890. The molecule has 0 aliphatic carbocycles. The van der Waals surface area contributed by atoms with E-state index in [1.165, 1.54) is 0 Å². The number of nitrogens with one attached hydrogen (secondary N) is 2. The maximum Gasteiger partial charge on any atom is 0.128 e. The average molecular weight is 907 g/mol. The Labute approximate surface area is 398 Å². The Morgan fingerprint density at radius 3 is 0.735 bits per heavy atom. The van der Waals surface area contributed by atoms with Gasteiger partial charge in [-0.3, -0.25) is 0 Å². The van der Waals surface area contributed by atoms with Crippen molar-refractivity contribution in [2.24, 2.45) is 0 Å². The van der Waals surface area contributed by atoms with Gasteiger partial charge in [-0.15, -0.1) is 0 Å². The molecule has 9 rings (SSSR count). The van der Waals surface area contributed by atoms with Crippen molar-refractivity contribution in [3.8, 4) is 67.5 Å². The number of nitrogens with zero attached hydrogens (tertiary/aromatic N) is 6. The lowest BCUT2D eigenvalue weighted by atomic mass is 10.0. The maximum atomic E-state index is 6.18. The van der Waals surface area contributed by atoms with Crippen molar-refractivity contribution in [1.29, 1.82) is 0 Å². The second-order valence-corrected chi connectivity index (χ2v) is 17.6. The van der Waals surface area contributed by atoms with Crippen LogP contribution in [0.3, 0.4) is 0 Å². The smallest absolute Gasteiger partial charge is 0.128 e. The van der Waals surface area contributed by atoms with Crippen molar-refractivity contribution < 1.29 is 18.9 Å². The van der Waals surface area contributed by atoms with Crippen LogP contribution in [0, 0.1) is 0 Å². The van der Waals surface area contributed by atoms with E-state index in [2.05, 4.69) is 151 Å². The van der Waals surface area contributed by atoms with E-state index in [0.29, 0.717) is 23.0 Å². The van der Waals surface area contributed by atoms with Crippen molar-refractivity contribution in [2.75, 3.05) is 104 Å². The minimum Gasteiger partial charge on any atom is -0.496 e. The molecule has 5 heterocycles. The lowest BCUT2D eigenvalue weighted by Gasteiger charge is -2.17. The number of H-pyrrole nitrogens is 2. The summed E-state index contributed by atoms with van der Waals surface area (Å²) in [5.41, 5.74) is 17.4. The normalized spacial score (nSPS) is 11.7. The molecule has 2 aliphatic rings. The van der Waals surface area contributed by atoms with Gasteiger partial charge in [-0.05, 0) is 97.1 Å². The lowest BCUT2D eigenvalue weighted by molar-refractivity contribution is 0.416. The Morgan fingerprint density at radius 1 is 0.324 bits per heavy atom. The van der Waals surface area contributed by atoms with Crippen LogP contribution in [0.4, 0.5) is 22.7 Å². The summed E-state index contributed by atoms with van der Waals surface area (Å²) in [4.78, 5) is 27.1. The number of benzene rings is 4. The zero-order valence-electron chi connectivity index (χ0n) is 40.9. The number of hydrogen-bond donors (Lipinski definition) is 2. The van der Waals surface area contributed by atoms with Crippen LogP contribution >= 0.6 is 0 Å². The van der Waals surface area contributed by atoms with Gasteiger partial charge in [0.2, 0.25) is 0 Å². The molecule has 0 fully saturated rings. The first-order chi connectivity index (χ1) is 32.8. The molecule has 0 unspecified atom stereocenters. The summed E-state index contributed by atoms with van der Waals surface area (Å²) in [7, 11) is 23.0. The number of fused-ring (bicyclic) bond motifs is 8. The van der Waals surface area contributed by atoms with Gasteiger partial charge in [0.15, 0.2) is 0 Å². The summed E-state index contributed by atoms with van der Waals surface area (Å²) in [6.45, 7) is 0. The number of anilines is 4. The van der Waals surface area contributed by atoms with Gasteiger partial charge in [0.25, 0.3) is 0 Å². The molecule has 2 N–H and O–H groups in total. The largest absolute Gasteiger partial charge is 0.496 e. The van der Waals surface area contributed by atoms with Crippen molar-refractivity contribution in [3.63, 3.8) is 0 Å². The van der Waals surface area contributed by atoms with Crippen LogP contribution in [0.15, 0.2) is 97.1 Å². The van der Waals surface area contributed by atoms with Gasteiger partial charge < -0.3 is 48.5 Å². The summed E-state index contributed by atoms with van der Waals surface area (Å²) in [5, 5.41) is 0. The number of aromatic nitrogens is 4. The van der Waals surface area contributed by atoms with Crippen LogP contribution in [-0.2, 0) is 0 Å². The SMILES string of the molecule is COc1cc(N(C)C)ccc1-c1c2nc(c(-c3ccc(N(C)C)cc3OC)c3ccc([nH]3)c(-c3ccc(N(C)C)cc3OC)c3nc(c(-c4ccc(N(C)C)cc4OC)c4ccc1[nH]4)C=C3)C=C2. The molecular formula is C56H58N8O4. The Hall–Kier alpha value is -8.12. The number of hydrogen-bond acceptors (Lipinski definition) is 10. The number of ether oxygens (including phenoxy) is 4. The fourth-order valence-electron chi connectivity index (χ4n) is 9.00. The van der Waals surface area contributed by atoms with Crippen LogP contribution < -0.4 is 38.5 Å². The molecule has 12 nitrogen and oxygen atoms in total. The highest BCUT2D eigenvalue weighted by Gasteiger charge is 2.24. The van der Waals surface area contributed by atoms with E-state index in [1.54, 1.807) is 28.4 Å². The van der Waals surface area contributed by atoms with Crippen LogP contribution in [0.2, 0.25) is 0 Å². The summed E-state index contributed by atoms with van der Waals surface area (Å²) in [5.74, 6) is 2.85. The average Bonchev–Trinajstić information content (AvgIpc) is 4.20. The van der Waals surface area contributed by atoms with Crippen molar-refractivity contribution in [1.82, 2.24) is 19.9 Å². The molecule has 0 spiro atoms. The number of aromatic amines is 2. The zero-order valence-corrected chi connectivity index (χ0v) is 40.9. The van der Waals surface area contributed by atoms with Crippen LogP contribution in [0.25, 0.3) is 90.9 Å². The predicted molar refractivity (Wildman–Crippen MR) is 284 cm³/mol. The molecule has 0 atom stereocenters. The van der Waals surface area contributed by atoms with Crippen LogP contribution in [-0.4, -0.2) is 105 Å². The highest BCUT2D eigenvalue weighted by molar-refractivity contribution is 6.02. The van der Waals surface area contributed by atoms with Crippen LogP contribution in [0.1, 0.15) is 22.8 Å². The first kappa shape index (κ1) is 45.1. The zero-order chi connectivity index (χ0) is 48.0. The second kappa shape index (κ2) is 18.3. The van der Waals surface area contributed by atoms with Gasteiger partial charge in [0.1, 0.15) is 23.0 Å². The molecule has 3 aromatic heterocycles. The minimum atomic E-state index is 0.713. The van der Waals surface area contributed by atoms with E-state index in [-0.39, 0.29) is 0 Å². The Morgan fingerprint density at radius 2 is 0.544 bits per heavy atom. The monoisotopic (exact) mass is 906 g/mol. The summed E-state index contributed by atoms with van der Waals surface area (Å²) < 4.78 is 24.7. The third-order valence-electron chi connectivity index (χ3n) is 12.6. The van der Waals surface area contributed by atoms with E-state index < -0.39 is 0 Å². The highest BCUT2D eigenvalue weighted by Crippen LogP contribution is 2.45. The first-order valence-corrected chi connectivity index (χ1v) is 22.4.